The largest absolute Gasteiger partial charge is 0.468 e. The Kier molecular flexibility index (Phi) is 12.0. The number of hydrogen-bond acceptors (Lipinski definition) is 6. The lowest BCUT2D eigenvalue weighted by molar-refractivity contribution is -0.141. The van der Waals surface area contributed by atoms with E-state index in [0.717, 1.165) is 0 Å². The minimum Gasteiger partial charge on any atom is -0.468 e. The van der Waals surface area contributed by atoms with Crippen LogP contribution in [0, 0.1) is 0 Å². The Morgan fingerprint density at radius 1 is 1.33 bits per heavy atom. The number of amides is 2. The summed E-state index contributed by atoms with van der Waals surface area (Å²) < 4.78 is 4.36. The lowest BCUT2D eigenvalue weighted by Crippen LogP contribution is -2.44. The number of nitrogens with one attached hydrogen (secondary N) is 2. The molecule has 4 N–H and O–H groups in total. The number of carbonyl (C=O) groups excluding carboxylic acids is 3. The molecule has 0 saturated heterocycles. The molecule has 0 aliphatic rings. The molecule has 1 atom stereocenters. The van der Waals surface area contributed by atoms with Gasteiger partial charge in [-0.3, -0.25) is 14.4 Å². The van der Waals surface area contributed by atoms with Gasteiger partial charge in [-0.2, -0.15) is 0 Å². The van der Waals surface area contributed by atoms with E-state index in [4.69, 9.17) is 5.73 Å². The van der Waals surface area contributed by atoms with Crippen LogP contribution in [0.4, 0.5) is 0 Å². The van der Waals surface area contributed by atoms with Crippen molar-refractivity contribution in [2.75, 3.05) is 25.3 Å². The number of nitrogens with two attached hydrogens (primary N) is 1. The Bertz CT molecular complexity index is 291. The molecule has 0 aliphatic carbocycles. The minimum atomic E-state index is -0.724. The van der Waals surface area contributed by atoms with Gasteiger partial charge in [-0.1, -0.05) is 0 Å². The summed E-state index contributed by atoms with van der Waals surface area (Å²) in [6, 6.07) is -0.724. The molecular weight excluding hydrogens is 282 g/mol. The van der Waals surface area contributed by atoms with Crippen molar-refractivity contribution in [3.63, 3.8) is 0 Å². The zero-order chi connectivity index (χ0) is 13.3. The van der Waals surface area contributed by atoms with E-state index in [-0.39, 0.29) is 24.9 Å². The second-order valence-electron chi connectivity index (χ2n) is 3.15. The van der Waals surface area contributed by atoms with Gasteiger partial charge in [0, 0.05) is 12.7 Å². The van der Waals surface area contributed by atoms with E-state index in [2.05, 4.69) is 15.4 Å². The number of carbonyl (C=O) groups is 3. The fraction of sp³-hybridized carbons (Fsp3) is 0.667. The van der Waals surface area contributed by atoms with Gasteiger partial charge in [-0.05, 0) is 0 Å². The predicted octanol–water partition coefficient (Wildman–Crippen LogP) is -1.15. The zero-order valence-electron chi connectivity index (χ0n) is 10.2. The van der Waals surface area contributed by atoms with Crippen molar-refractivity contribution >= 4 is 42.0 Å². The lowest BCUT2D eigenvalue weighted by Gasteiger charge is -2.11. The topological polar surface area (TPSA) is 111 Å². The molecule has 0 fully saturated rings. The average Bonchev–Trinajstić information content (AvgIpc) is 2.30. The normalized spacial score (nSPS) is 10.8. The van der Waals surface area contributed by atoms with Crippen molar-refractivity contribution in [1.82, 2.24) is 10.6 Å². The summed E-state index contributed by atoms with van der Waals surface area (Å²) in [6.45, 7) is 1.21. The Labute approximate surface area is 116 Å². The quantitative estimate of drug-likeness (QED) is 0.311. The third kappa shape index (κ3) is 10.2. The van der Waals surface area contributed by atoms with E-state index in [9.17, 15) is 14.4 Å². The molecule has 0 unspecified atom stereocenters. The third-order valence-electron chi connectivity index (χ3n) is 1.69. The highest BCUT2D eigenvalue weighted by molar-refractivity contribution is 7.99. The summed E-state index contributed by atoms with van der Waals surface area (Å²) in [4.78, 5) is 32.6. The summed E-state index contributed by atoms with van der Waals surface area (Å²) in [5.74, 6) is -0.343. The summed E-state index contributed by atoms with van der Waals surface area (Å²) in [5.41, 5.74) is 5.56. The van der Waals surface area contributed by atoms with Gasteiger partial charge in [0.25, 0.3) is 0 Å². The van der Waals surface area contributed by atoms with Crippen LogP contribution >= 0.6 is 24.2 Å². The van der Waals surface area contributed by atoms with Crippen LogP contribution in [0.3, 0.4) is 0 Å². The third-order valence-corrected chi connectivity index (χ3v) is 2.64. The second kappa shape index (κ2) is 11.1. The Morgan fingerprint density at radius 3 is 2.44 bits per heavy atom. The molecule has 0 rings (SSSR count). The maximum Gasteiger partial charge on any atom is 0.325 e. The molecule has 18 heavy (non-hydrogen) atoms. The van der Waals surface area contributed by atoms with E-state index in [1.807, 2.05) is 0 Å². The monoisotopic (exact) mass is 299 g/mol. The van der Waals surface area contributed by atoms with Crippen LogP contribution in [-0.2, 0) is 19.1 Å². The smallest absolute Gasteiger partial charge is 0.325 e. The van der Waals surface area contributed by atoms with Crippen molar-refractivity contribution in [1.29, 1.82) is 0 Å². The van der Waals surface area contributed by atoms with Crippen LogP contribution in [-0.4, -0.2) is 49.1 Å². The number of halogens is 1. The number of hydrogen-bond donors (Lipinski definition) is 3. The van der Waals surface area contributed by atoms with Crippen LogP contribution < -0.4 is 16.4 Å². The zero-order valence-corrected chi connectivity index (χ0v) is 11.9. The molecule has 0 spiro atoms. The fourth-order valence-electron chi connectivity index (χ4n) is 0.777. The van der Waals surface area contributed by atoms with E-state index in [1.165, 1.54) is 25.8 Å². The van der Waals surface area contributed by atoms with E-state index < -0.39 is 17.9 Å². The van der Waals surface area contributed by atoms with Crippen LogP contribution in [0.15, 0.2) is 0 Å². The highest BCUT2D eigenvalue weighted by Gasteiger charge is 2.14. The van der Waals surface area contributed by atoms with Crippen molar-refractivity contribution in [2.45, 2.75) is 13.0 Å². The Morgan fingerprint density at radius 2 is 1.94 bits per heavy atom. The highest BCUT2D eigenvalue weighted by atomic mass is 35.5. The first-order valence-corrected chi connectivity index (χ1v) is 6.05. The number of methoxy groups -OCH3 is 1. The first kappa shape index (κ1) is 19.4. The van der Waals surface area contributed by atoms with Gasteiger partial charge in [0.1, 0.15) is 6.54 Å². The molecule has 0 saturated carbocycles. The molecular formula is C9H18ClN3O4S. The van der Waals surface area contributed by atoms with Crippen molar-refractivity contribution in [3.8, 4) is 0 Å². The van der Waals surface area contributed by atoms with Gasteiger partial charge in [0.05, 0.1) is 19.0 Å². The van der Waals surface area contributed by atoms with Gasteiger partial charge in [-0.25, -0.2) is 0 Å². The summed E-state index contributed by atoms with van der Waals surface area (Å²) in [6.07, 6.45) is 0. The molecule has 9 heteroatoms. The summed E-state index contributed by atoms with van der Waals surface area (Å²) >= 11 is 1.32. The number of ether oxygens (including phenoxy) is 1. The molecule has 0 aromatic heterocycles. The maximum absolute atomic E-state index is 11.3. The van der Waals surface area contributed by atoms with Gasteiger partial charge in [0.2, 0.25) is 11.8 Å². The molecule has 7 nitrogen and oxygen atoms in total. The fourth-order valence-corrected chi connectivity index (χ4v) is 1.61. The molecule has 0 radical (unpaired) electrons. The first-order valence-electron chi connectivity index (χ1n) is 4.89. The molecule has 2 amide bonds. The van der Waals surface area contributed by atoms with Crippen LogP contribution in [0.2, 0.25) is 0 Å². The Hall–Kier alpha value is -0.990. The average molecular weight is 300 g/mol. The molecule has 0 bridgehead atoms. The SMILES string of the molecule is COC(=O)CNC(=O)[C@@H](N)CSCNC(C)=O.Cl. The minimum absolute atomic E-state index is 0. The number of thioether (sulfide) groups is 1. The number of esters is 1. The van der Waals surface area contributed by atoms with Gasteiger partial charge >= 0.3 is 5.97 Å². The predicted molar refractivity (Wildman–Crippen MR) is 71.4 cm³/mol. The molecule has 0 aromatic rings. The van der Waals surface area contributed by atoms with Crippen LogP contribution in [0.1, 0.15) is 6.92 Å². The highest BCUT2D eigenvalue weighted by Crippen LogP contribution is 1.99. The molecule has 106 valence electrons. The van der Waals surface area contributed by atoms with E-state index in [1.54, 1.807) is 0 Å². The van der Waals surface area contributed by atoms with Crippen LogP contribution in [0.5, 0.6) is 0 Å². The van der Waals surface area contributed by atoms with Crippen LogP contribution in [0.25, 0.3) is 0 Å². The number of rotatable bonds is 7. The second-order valence-corrected chi connectivity index (χ2v) is 4.18. The lowest BCUT2D eigenvalue weighted by atomic mass is 10.3. The first-order chi connectivity index (χ1) is 7.97. The molecule has 0 aliphatic heterocycles. The van der Waals surface area contributed by atoms with Crippen molar-refractivity contribution < 1.29 is 19.1 Å². The van der Waals surface area contributed by atoms with Gasteiger partial charge < -0.3 is 21.1 Å². The standard InChI is InChI=1S/C9H17N3O4S.ClH/c1-6(13)12-5-17-4-7(10)9(15)11-3-8(14)16-2;/h7H,3-5,10H2,1-2H3,(H,11,15)(H,12,13);1H/t7-;/m0./s1. The summed E-state index contributed by atoms with van der Waals surface area (Å²) in [7, 11) is 1.23. The maximum atomic E-state index is 11.3. The molecule has 0 heterocycles. The Balaban J connectivity index is 0. The van der Waals surface area contributed by atoms with Crippen molar-refractivity contribution in [3.05, 3.63) is 0 Å². The van der Waals surface area contributed by atoms with Crippen molar-refractivity contribution in [2.24, 2.45) is 5.73 Å². The van der Waals surface area contributed by atoms with Gasteiger partial charge in [-0.15, -0.1) is 24.2 Å². The summed E-state index contributed by atoms with van der Waals surface area (Å²) in [5, 5.41) is 4.91. The van der Waals surface area contributed by atoms with Gasteiger partial charge in [0.15, 0.2) is 0 Å². The van der Waals surface area contributed by atoms with E-state index in [0.29, 0.717) is 11.6 Å². The van der Waals surface area contributed by atoms with E-state index >= 15 is 0 Å². The molecule has 0 aromatic carbocycles.